The first-order valence-electron chi connectivity index (χ1n) is 18.9. The van der Waals surface area contributed by atoms with Crippen LogP contribution in [-0.4, -0.2) is 113 Å². The van der Waals surface area contributed by atoms with Crippen LogP contribution in [0, 0.1) is 11.8 Å². The molecule has 14 nitrogen and oxygen atoms in total. The first kappa shape index (κ1) is 47.7. The monoisotopic (exact) mass is 764 g/mol. The first-order valence-corrected chi connectivity index (χ1v) is 18.9. The maximum Gasteiger partial charge on any atom is 0.389 e. The van der Waals surface area contributed by atoms with Gasteiger partial charge in [0.25, 0.3) is 0 Å². The number of unbranched alkanes of at least 4 members (excludes halogenated alkanes) is 7. The molecular weight excluding hydrogens is 701 g/mol. The Balaban J connectivity index is 3.05. The molecule has 5 amide bonds. The molecule has 0 radical (unpaired) electrons. The van der Waals surface area contributed by atoms with Crippen molar-refractivity contribution >= 4 is 35.3 Å². The van der Waals surface area contributed by atoms with Crippen molar-refractivity contribution in [3.05, 3.63) is 0 Å². The third-order valence-corrected chi connectivity index (χ3v) is 9.81. The molecule has 1 rings (SSSR count). The molecule has 1 aliphatic rings. The zero-order chi connectivity index (χ0) is 40.5. The number of nitrogens with zero attached hydrogens (tertiary/aromatic N) is 1. The summed E-state index contributed by atoms with van der Waals surface area (Å²) in [4.78, 5) is 78.4. The fourth-order valence-corrected chi connectivity index (χ4v) is 5.82. The van der Waals surface area contributed by atoms with Crippen LogP contribution in [0.3, 0.4) is 0 Å². The molecule has 1 aliphatic carbocycles. The van der Waals surface area contributed by atoms with E-state index >= 15 is 0 Å². The number of halogens is 3. The Morgan fingerprint density at radius 1 is 0.830 bits per heavy atom. The van der Waals surface area contributed by atoms with E-state index in [-0.39, 0.29) is 12.2 Å². The SMILES string of the molecule is CCCCCCCCCC[C@@H](O)[C@@H](C)C(=O)N(C)C(CCC(F)(F)F)C(=O)N[C@H](C(=O)N[C@@H](CN)C(=O)N[C@H](C(=O)NC1CC1=O)[C@H](C)O)[C@H](C)CC. The van der Waals surface area contributed by atoms with Crippen molar-refractivity contribution in [3.8, 4) is 0 Å². The number of nitrogens with one attached hydrogen (secondary N) is 4. The highest BCUT2D eigenvalue weighted by Crippen LogP contribution is 2.25. The van der Waals surface area contributed by atoms with E-state index < -0.39 is 109 Å². The summed E-state index contributed by atoms with van der Waals surface area (Å²) in [5.74, 6) is -6.28. The van der Waals surface area contributed by atoms with Gasteiger partial charge in [-0.05, 0) is 25.7 Å². The van der Waals surface area contributed by atoms with Gasteiger partial charge in [0.05, 0.1) is 24.2 Å². The molecule has 0 aromatic carbocycles. The van der Waals surface area contributed by atoms with Crippen LogP contribution in [0.5, 0.6) is 0 Å². The number of hydrogen-bond acceptors (Lipinski definition) is 9. The van der Waals surface area contributed by atoms with E-state index in [1.54, 1.807) is 13.8 Å². The lowest BCUT2D eigenvalue weighted by atomic mass is 9.95. The predicted molar refractivity (Wildman–Crippen MR) is 192 cm³/mol. The molecule has 9 atom stereocenters. The number of nitrogens with two attached hydrogens (primary N) is 1. The number of Topliss-reactive ketones (excluding diaryl/α,β-unsaturated/α-hetero) is 1. The van der Waals surface area contributed by atoms with Crippen molar-refractivity contribution < 1.29 is 52.2 Å². The standard InChI is InChI=1S/C36H63F3N6O8/c1-7-9-10-11-12-13-14-15-16-27(47)22(4)35(53)45(6)26(17-18-36(37,38)39)32(50)43-29(21(3)8-2)33(51)42-25(20-40)31(49)44-30(23(5)46)34(52)41-24-19-28(24)48/h21-27,29-30,46-47H,7-20,40H2,1-6H3,(H,41,52)(H,42,51)(H,43,50)(H,44,49)/t21-,22-,23+,24?,25+,26?,27-,29+,30+/m1/s1. The van der Waals surface area contributed by atoms with E-state index in [1.807, 2.05) is 0 Å². The van der Waals surface area contributed by atoms with Gasteiger partial charge < -0.3 is 42.1 Å². The Morgan fingerprint density at radius 3 is 1.87 bits per heavy atom. The van der Waals surface area contributed by atoms with Crippen LogP contribution in [0.15, 0.2) is 0 Å². The third-order valence-electron chi connectivity index (χ3n) is 9.81. The molecule has 1 saturated carbocycles. The quantitative estimate of drug-likeness (QED) is 0.0640. The number of alkyl halides is 3. The minimum Gasteiger partial charge on any atom is -0.392 e. The van der Waals surface area contributed by atoms with Crippen molar-refractivity contribution in [2.75, 3.05) is 13.6 Å². The van der Waals surface area contributed by atoms with E-state index in [2.05, 4.69) is 28.2 Å². The molecule has 0 heterocycles. The molecule has 1 fully saturated rings. The molecule has 0 aromatic heterocycles. The Kier molecular flexibility index (Phi) is 21.1. The normalized spacial score (nSPS) is 18.7. The average molecular weight is 765 g/mol. The van der Waals surface area contributed by atoms with Crippen molar-refractivity contribution in [2.45, 2.75) is 167 Å². The molecule has 0 saturated heterocycles. The van der Waals surface area contributed by atoms with Gasteiger partial charge in [0.2, 0.25) is 29.5 Å². The highest BCUT2D eigenvalue weighted by molar-refractivity contribution is 6.04. The predicted octanol–water partition coefficient (Wildman–Crippen LogP) is 1.98. The van der Waals surface area contributed by atoms with Gasteiger partial charge in [0, 0.05) is 26.4 Å². The highest BCUT2D eigenvalue weighted by Gasteiger charge is 2.41. The third kappa shape index (κ3) is 17.1. The van der Waals surface area contributed by atoms with Gasteiger partial charge in [-0.3, -0.25) is 28.8 Å². The van der Waals surface area contributed by atoms with E-state index in [0.717, 1.165) is 37.0 Å². The Labute approximate surface area is 311 Å². The summed E-state index contributed by atoms with van der Waals surface area (Å²) in [6, 6.07) is -6.70. The molecule has 17 heteroatoms. The maximum atomic E-state index is 13.7. The zero-order valence-corrected chi connectivity index (χ0v) is 32.1. The number of amides is 5. The van der Waals surface area contributed by atoms with Gasteiger partial charge in [-0.2, -0.15) is 13.2 Å². The second-order valence-corrected chi connectivity index (χ2v) is 14.4. The number of carbonyl (C=O) groups is 6. The van der Waals surface area contributed by atoms with Crippen molar-refractivity contribution in [1.82, 2.24) is 26.2 Å². The minimum absolute atomic E-state index is 0.123. The molecule has 53 heavy (non-hydrogen) atoms. The fourth-order valence-electron chi connectivity index (χ4n) is 5.82. The Hall–Kier alpha value is -3.31. The zero-order valence-electron chi connectivity index (χ0n) is 32.1. The second kappa shape index (κ2) is 23.5. The fraction of sp³-hybridized carbons (Fsp3) is 0.833. The summed E-state index contributed by atoms with van der Waals surface area (Å²) in [5, 5.41) is 30.4. The summed E-state index contributed by atoms with van der Waals surface area (Å²) in [6.45, 7) is 7.66. The van der Waals surface area contributed by atoms with Gasteiger partial charge in [-0.1, -0.05) is 85.5 Å². The number of ketones is 1. The largest absolute Gasteiger partial charge is 0.392 e. The van der Waals surface area contributed by atoms with E-state index in [1.165, 1.54) is 33.7 Å². The van der Waals surface area contributed by atoms with E-state index in [0.29, 0.717) is 19.3 Å². The number of hydrogen-bond donors (Lipinski definition) is 7. The molecule has 0 aromatic rings. The van der Waals surface area contributed by atoms with Crippen molar-refractivity contribution in [1.29, 1.82) is 0 Å². The number of aliphatic hydroxyl groups is 2. The molecule has 0 aliphatic heterocycles. The smallest absolute Gasteiger partial charge is 0.389 e. The van der Waals surface area contributed by atoms with Gasteiger partial charge >= 0.3 is 6.18 Å². The van der Waals surface area contributed by atoms with E-state index in [4.69, 9.17) is 5.73 Å². The van der Waals surface area contributed by atoms with Crippen LogP contribution in [0.25, 0.3) is 0 Å². The van der Waals surface area contributed by atoms with Gasteiger partial charge in [0.15, 0.2) is 5.78 Å². The summed E-state index contributed by atoms with van der Waals surface area (Å²) in [7, 11) is 1.18. The summed E-state index contributed by atoms with van der Waals surface area (Å²) in [5.41, 5.74) is 5.75. The number of aliphatic hydroxyl groups excluding tert-OH is 2. The van der Waals surface area contributed by atoms with Crippen LogP contribution >= 0.6 is 0 Å². The minimum atomic E-state index is -4.66. The average Bonchev–Trinajstić information content (AvgIpc) is 3.80. The van der Waals surface area contributed by atoms with Crippen LogP contribution in [0.2, 0.25) is 0 Å². The van der Waals surface area contributed by atoms with Gasteiger partial charge in [-0.25, -0.2) is 0 Å². The Bertz CT molecular complexity index is 1210. The molecule has 2 unspecified atom stereocenters. The first-order chi connectivity index (χ1) is 24.8. The topological polar surface area (TPSA) is 220 Å². The molecular formula is C36H63F3N6O8. The second-order valence-electron chi connectivity index (χ2n) is 14.4. The van der Waals surface area contributed by atoms with E-state index in [9.17, 15) is 52.2 Å². The number of likely N-dealkylation sites (N-methyl/N-ethyl adjacent to an activating group) is 1. The Morgan fingerprint density at radius 2 is 1.38 bits per heavy atom. The number of carbonyl (C=O) groups excluding carboxylic acids is 6. The molecule has 306 valence electrons. The van der Waals surface area contributed by atoms with Crippen molar-refractivity contribution in [2.24, 2.45) is 17.6 Å². The van der Waals surface area contributed by atoms with Crippen LogP contribution in [0.4, 0.5) is 13.2 Å². The van der Waals surface area contributed by atoms with Crippen molar-refractivity contribution in [3.63, 3.8) is 0 Å². The lowest BCUT2D eigenvalue weighted by Gasteiger charge is -2.33. The summed E-state index contributed by atoms with van der Waals surface area (Å²) >= 11 is 0. The molecule has 0 spiro atoms. The highest BCUT2D eigenvalue weighted by atomic mass is 19.4. The van der Waals surface area contributed by atoms with Crippen LogP contribution in [0.1, 0.15) is 118 Å². The maximum absolute atomic E-state index is 13.7. The van der Waals surface area contributed by atoms with Crippen LogP contribution < -0.4 is 27.0 Å². The molecule has 8 N–H and O–H groups in total. The summed E-state index contributed by atoms with van der Waals surface area (Å²) < 4.78 is 40.1. The van der Waals surface area contributed by atoms with Gasteiger partial charge in [0.1, 0.15) is 24.2 Å². The number of rotatable bonds is 26. The summed E-state index contributed by atoms with van der Waals surface area (Å²) in [6.07, 6.45) is -0.362. The molecule has 0 bridgehead atoms. The van der Waals surface area contributed by atoms with Gasteiger partial charge in [-0.15, -0.1) is 0 Å². The lowest BCUT2D eigenvalue weighted by Crippen LogP contribution is -2.62. The van der Waals surface area contributed by atoms with Crippen LogP contribution in [-0.2, 0) is 28.8 Å². The lowest BCUT2D eigenvalue weighted by molar-refractivity contribution is -0.152.